The number of hydrogen-bond acceptors (Lipinski definition) is 5. The van der Waals surface area contributed by atoms with Crippen LogP contribution in [-0.2, 0) is 4.79 Å². The first-order chi connectivity index (χ1) is 10.0. The lowest BCUT2D eigenvalue weighted by Gasteiger charge is -2.11. The number of ketones is 1. The zero-order valence-corrected chi connectivity index (χ0v) is 11.8. The topological polar surface area (TPSA) is 80.2 Å². The summed E-state index contributed by atoms with van der Waals surface area (Å²) in [7, 11) is 0. The van der Waals surface area contributed by atoms with Crippen molar-refractivity contribution in [1.82, 2.24) is 9.97 Å². The molecule has 0 spiro atoms. The molecular formula is C14H11FN2O3S. The molecule has 0 aliphatic carbocycles. The van der Waals surface area contributed by atoms with E-state index in [1.807, 2.05) is 0 Å². The highest BCUT2D eigenvalue weighted by atomic mass is 32.2. The standard InChI is InChI=1S/C14H11FN2O3S/c1-21-14-16-7-6-10(17-14)12(18)11(13(19)20)8-2-4-9(15)5-3-8/h2-7,11H,1H3,(H,19,20). The van der Waals surface area contributed by atoms with Crippen molar-refractivity contribution >= 4 is 23.5 Å². The van der Waals surface area contributed by atoms with E-state index in [4.69, 9.17) is 0 Å². The molecule has 0 saturated heterocycles. The predicted molar refractivity (Wildman–Crippen MR) is 74.9 cm³/mol. The second-order valence-electron chi connectivity index (χ2n) is 4.12. The maximum atomic E-state index is 12.9. The molecule has 7 heteroatoms. The Morgan fingerprint density at radius 1 is 1.24 bits per heavy atom. The fraction of sp³-hybridized carbons (Fsp3) is 0.143. The Bertz CT molecular complexity index is 676. The van der Waals surface area contributed by atoms with E-state index in [9.17, 15) is 19.1 Å². The van der Waals surface area contributed by atoms with Crippen LogP contribution >= 0.6 is 11.8 Å². The highest BCUT2D eigenvalue weighted by molar-refractivity contribution is 7.98. The van der Waals surface area contributed by atoms with Crippen LogP contribution in [0.15, 0.2) is 41.7 Å². The largest absolute Gasteiger partial charge is 0.480 e. The Labute approximate surface area is 124 Å². The van der Waals surface area contributed by atoms with Crippen LogP contribution in [0.3, 0.4) is 0 Å². The first kappa shape index (κ1) is 15.1. The highest BCUT2D eigenvalue weighted by Gasteiger charge is 2.30. The molecule has 1 unspecified atom stereocenters. The van der Waals surface area contributed by atoms with E-state index in [0.717, 1.165) is 12.1 Å². The van der Waals surface area contributed by atoms with Gasteiger partial charge < -0.3 is 5.11 Å². The van der Waals surface area contributed by atoms with E-state index in [2.05, 4.69) is 9.97 Å². The van der Waals surface area contributed by atoms with Crippen LogP contribution in [0.5, 0.6) is 0 Å². The van der Waals surface area contributed by atoms with Crippen molar-refractivity contribution < 1.29 is 19.1 Å². The molecule has 21 heavy (non-hydrogen) atoms. The van der Waals surface area contributed by atoms with E-state index < -0.39 is 23.5 Å². The number of hydrogen-bond donors (Lipinski definition) is 1. The molecule has 0 fully saturated rings. The van der Waals surface area contributed by atoms with Crippen LogP contribution in [-0.4, -0.2) is 33.1 Å². The fourth-order valence-electron chi connectivity index (χ4n) is 1.79. The van der Waals surface area contributed by atoms with E-state index in [0.29, 0.717) is 5.16 Å². The number of nitrogens with zero attached hydrogens (tertiary/aromatic N) is 2. The summed E-state index contributed by atoms with van der Waals surface area (Å²) in [5, 5.41) is 9.67. The minimum Gasteiger partial charge on any atom is -0.480 e. The highest BCUT2D eigenvalue weighted by Crippen LogP contribution is 2.22. The lowest BCUT2D eigenvalue weighted by Crippen LogP contribution is -2.23. The Morgan fingerprint density at radius 2 is 1.90 bits per heavy atom. The summed E-state index contributed by atoms with van der Waals surface area (Å²) in [6, 6.07) is 6.16. The van der Waals surface area contributed by atoms with Crippen LogP contribution in [0.25, 0.3) is 0 Å². The van der Waals surface area contributed by atoms with Crippen LogP contribution < -0.4 is 0 Å². The molecule has 0 aliphatic heterocycles. The van der Waals surface area contributed by atoms with Gasteiger partial charge in [0.2, 0.25) is 0 Å². The van der Waals surface area contributed by atoms with Gasteiger partial charge in [0.15, 0.2) is 10.9 Å². The lowest BCUT2D eigenvalue weighted by molar-refractivity contribution is -0.137. The van der Waals surface area contributed by atoms with Crippen LogP contribution in [0.2, 0.25) is 0 Å². The Balaban J connectivity index is 2.40. The minimum absolute atomic E-state index is 0.0195. The van der Waals surface area contributed by atoms with Gasteiger partial charge in [-0.3, -0.25) is 9.59 Å². The second-order valence-corrected chi connectivity index (χ2v) is 4.89. The third kappa shape index (κ3) is 3.43. The van der Waals surface area contributed by atoms with Crippen LogP contribution in [0, 0.1) is 5.82 Å². The molecule has 0 amide bonds. The molecule has 0 aliphatic rings. The summed E-state index contributed by atoms with van der Waals surface area (Å²) in [5.41, 5.74) is 0.226. The first-order valence-corrected chi connectivity index (χ1v) is 7.15. The van der Waals surface area contributed by atoms with Gasteiger partial charge in [-0.15, -0.1) is 0 Å². The number of aromatic nitrogens is 2. The molecule has 0 bridgehead atoms. The number of aliphatic carboxylic acids is 1. The molecular weight excluding hydrogens is 295 g/mol. The quantitative estimate of drug-likeness (QED) is 0.395. The van der Waals surface area contributed by atoms with Crippen molar-refractivity contribution in [2.75, 3.05) is 6.26 Å². The average Bonchev–Trinajstić information content (AvgIpc) is 2.49. The van der Waals surface area contributed by atoms with E-state index in [1.54, 1.807) is 6.26 Å². The normalized spacial score (nSPS) is 11.9. The molecule has 1 aromatic heterocycles. The summed E-state index contributed by atoms with van der Waals surface area (Å²) < 4.78 is 12.9. The van der Waals surface area contributed by atoms with Gasteiger partial charge in [-0.05, 0) is 30.0 Å². The van der Waals surface area contributed by atoms with Gasteiger partial charge in [-0.2, -0.15) is 0 Å². The van der Waals surface area contributed by atoms with Crippen molar-refractivity contribution in [2.24, 2.45) is 0 Å². The Kier molecular flexibility index (Phi) is 4.64. The predicted octanol–water partition coefficient (Wildman–Crippen LogP) is 2.39. The van der Waals surface area contributed by atoms with Crippen molar-refractivity contribution in [3.05, 3.63) is 53.6 Å². The number of carboxylic acid groups (broad SMARTS) is 1. The third-order valence-corrected chi connectivity index (χ3v) is 3.34. The lowest BCUT2D eigenvalue weighted by atomic mass is 9.93. The van der Waals surface area contributed by atoms with Crippen molar-refractivity contribution in [1.29, 1.82) is 0 Å². The van der Waals surface area contributed by atoms with Crippen molar-refractivity contribution in [3.63, 3.8) is 0 Å². The van der Waals surface area contributed by atoms with Gasteiger partial charge in [0, 0.05) is 6.20 Å². The number of carbonyl (C=O) groups is 2. The van der Waals surface area contributed by atoms with Gasteiger partial charge in [-0.1, -0.05) is 23.9 Å². The smallest absolute Gasteiger partial charge is 0.319 e. The van der Waals surface area contributed by atoms with Gasteiger partial charge in [0.05, 0.1) is 0 Å². The number of thioether (sulfide) groups is 1. The monoisotopic (exact) mass is 306 g/mol. The van der Waals surface area contributed by atoms with Gasteiger partial charge >= 0.3 is 5.97 Å². The molecule has 2 aromatic rings. The van der Waals surface area contributed by atoms with E-state index in [-0.39, 0.29) is 11.3 Å². The summed E-state index contributed by atoms with van der Waals surface area (Å²) in [6.45, 7) is 0. The van der Waals surface area contributed by atoms with E-state index in [1.165, 1.54) is 36.2 Å². The Hall–Kier alpha value is -2.28. The Morgan fingerprint density at radius 3 is 2.48 bits per heavy atom. The zero-order valence-electron chi connectivity index (χ0n) is 11.0. The third-order valence-electron chi connectivity index (χ3n) is 2.78. The number of Topliss-reactive ketones (excluding diaryl/α,β-unsaturated/α-hetero) is 1. The number of carboxylic acids is 1. The van der Waals surface area contributed by atoms with Crippen LogP contribution in [0.4, 0.5) is 4.39 Å². The molecule has 2 rings (SSSR count). The molecule has 1 aromatic carbocycles. The van der Waals surface area contributed by atoms with Crippen LogP contribution in [0.1, 0.15) is 22.0 Å². The van der Waals surface area contributed by atoms with Gasteiger partial charge in [0.1, 0.15) is 17.4 Å². The van der Waals surface area contributed by atoms with Crippen molar-refractivity contribution in [3.8, 4) is 0 Å². The molecule has 1 N–H and O–H groups in total. The number of halogens is 1. The summed E-state index contributed by atoms with van der Waals surface area (Å²) in [5.74, 6) is -3.89. The molecule has 1 atom stereocenters. The van der Waals surface area contributed by atoms with Gasteiger partial charge in [0.25, 0.3) is 0 Å². The maximum Gasteiger partial charge on any atom is 0.319 e. The van der Waals surface area contributed by atoms with Crippen molar-refractivity contribution in [2.45, 2.75) is 11.1 Å². The SMILES string of the molecule is CSc1nccc(C(=O)C(C(=O)O)c2ccc(F)cc2)n1. The maximum absolute atomic E-state index is 12.9. The molecule has 0 radical (unpaired) electrons. The number of rotatable bonds is 5. The summed E-state index contributed by atoms with van der Waals surface area (Å²) in [6.07, 6.45) is 3.15. The first-order valence-electron chi connectivity index (χ1n) is 5.92. The molecule has 108 valence electrons. The number of carbonyl (C=O) groups excluding carboxylic acids is 1. The van der Waals surface area contributed by atoms with Gasteiger partial charge in [-0.25, -0.2) is 14.4 Å². The van der Waals surface area contributed by atoms with E-state index >= 15 is 0 Å². The number of benzene rings is 1. The molecule has 5 nitrogen and oxygen atoms in total. The fourth-order valence-corrected chi connectivity index (χ4v) is 2.14. The second kappa shape index (κ2) is 6.45. The minimum atomic E-state index is -1.42. The average molecular weight is 306 g/mol. The molecule has 0 saturated carbocycles. The summed E-state index contributed by atoms with van der Waals surface area (Å²) in [4.78, 5) is 31.7. The molecule has 1 heterocycles. The zero-order chi connectivity index (χ0) is 15.4. The summed E-state index contributed by atoms with van der Waals surface area (Å²) >= 11 is 1.25.